The van der Waals surface area contributed by atoms with Crippen molar-refractivity contribution in [3.05, 3.63) is 47.2 Å². The van der Waals surface area contributed by atoms with Gasteiger partial charge in [0.05, 0.1) is 18.4 Å². The van der Waals surface area contributed by atoms with Gasteiger partial charge in [-0.25, -0.2) is 4.68 Å². The molecule has 0 saturated heterocycles. The van der Waals surface area contributed by atoms with E-state index in [4.69, 9.17) is 10.5 Å². The third-order valence-corrected chi connectivity index (χ3v) is 3.38. The van der Waals surface area contributed by atoms with Crippen molar-refractivity contribution in [2.45, 2.75) is 19.5 Å². The van der Waals surface area contributed by atoms with E-state index in [1.54, 1.807) is 11.8 Å². The third-order valence-electron chi connectivity index (χ3n) is 3.38. The van der Waals surface area contributed by atoms with Gasteiger partial charge in [0, 0.05) is 13.6 Å². The second-order valence-corrected chi connectivity index (χ2v) is 4.82. The van der Waals surface area contributed by atoms with Crippen LogP contribution in [0, 0.1) is 6.92 Å². The number of nitrogens with one attached hydrogen (secondary N) is 1. The van der Waals surface area contributed by atoms with Crippen LogP contribution in [-0.2, 0) is 18.4 Å². The summed E-state index contributed by atoms with van der Waals surface area (Å²) in [6, 6.07) is 8.85. The molecule has 0 spiro atoms. The minimum atomic E-state index is -0.546. The average molecular weight is 288 g/mol. The lowest BCUT2D eigenvalue weighted by Gasteiger charge is -2.16. The Labute approximate surface area is 123 Å². The molecular formula is C15H20N4O2. The molecule has 1 aromatic heterocycles. The van der Waals surface area contributed by atoms with Gasteiger partial charge in [-0.15, -0.1) is 0 Å². The molecular weight excluding hydrogens is 268 g/mol. The maximum Gasteiger partial charge on any atom is 0.239 e. The molecule has 6 heteroatoms. The first kappa shape index (κ1) is 15.1. The highest BCUT2D eigenvalue weighted by atomic mass is 16.5. The minimum absolute atomic E-state index is 0.415. The van der Waals surface area contributed by atoms with Gasteiger partial charge < -0.3 is 10.5 Å². The molecule has 2 rings (SSSR count). The first-order valence-electron chi connectivity index (χ1n) is 6.68. The van der Waals surface area contributed by atoms with Crippen molar-refractivity contribution in [2.24, 2.45) is 12.8 Å². The molecule has 21 heavy (non-hydrogen) atoms. The van der Waals surface area contributed by atoms with Crippen LogP contribution in [0.5, 0.6) is 5.88 Å². The van der Waals surface area contributed by atoms with E-state index in [0.29, 0.717) is 12.4 Å². The molecule has 0 aliphatic rings. The number of aromatic nitrogens is 2. The quantitative estimate of drug-likeness (QED) is 0.832. The Balaban J connectivity index is 2.19. The predicted octanol–water partition coefficient (Wildman–Crippen LogP) is 1.05. The summed E-state index contributed by atoms with van der Waals surface area (Å²) in [6.07, 6.45) is 0. The van der Waals surface area contributed by atoms with Gasteiger partial charge in [0.25, 0.3) is 0 Å². The van der Waals surface area contributed by atoms with E-state index < -0.39 is 11.9 Å². The van der Waals surface area contributed by atoms with Crippen LogP contribution in [0.3, 0.4) is 0 Å². The number of hydrogen-bond donors (Lipinski definition) is 2. The zero-order valence-electron chi connectivity index (χ0n) is 12.5. The standard InChI is InChI=1S/C15H20N4O2/c1-10-12(15(21-3)19(2)18-10)9-17-13(14(16)20)11-7-5-4-6-8-11/h4-8,13,17H,9H2,1-3H3,(H2,16,20)/t13-/m1/s1. The highest BCUT2D eigenvalue weighted by molar-refractivity contribution is 5.81. The zero-order valence-corrected chi connectivity index (χ0v) is 12.5. The third kappa shape index (κ3) is 3.22. The van der Waals surface area contributed by atoms with Crippen LogP contribution in [0.15, 0.2) is 30.3 Å². The Morgan fingerprint density at radius 3 is 2.67 bits per heavy atom. The summed E-state index contributed by atoms with van der Waals surface area (Å²) in [6.45, 7) is 2.35. The number of carbonyl (C=O) groups excluding carboxylic acids is 1. The van der Waals surface area contributed by atoms with Crippen LogP contribution >= 0.6 is 0 Å². The second kappa shape index (κ2) is 6.41. The molecule has 0 aliphatic carbocycles. The Morgan fingerprint density at radius 1 is 1.43 bits per heavy atom. The fourth-order valence-electron chi connectivity index (χ4n) is 2.37. The van der Waals surface area contributed by atoms with Gasteiger partial charge in [0.1, 0.15) is 6.04 Å². The van der Waals surface area contributed by atoms with Gasteiger partial charge in [-0.2, -0.15) is 5.10 Å². The van der Waals surface area contributed by atoms with E-state index in [-0.39, 0.29) is 0 Å². The molecule has 1 atom stereocenters. The smallest absolute Gasteiger partial charge is 0.239 e. The summed E-state index contributed by atoms with van der Waals surface area (Å²) in [7, 11) is 3.42. The molecule has 112 valence electrons. The number of primary amides is 1. The molecule has 0 fully saturated rings. The summed E-state index contributed by atoms with van der Waals surface area (Å²) in [5, 5.41) is 7.49. The maximum atomic E-state index is 11.7. The fraction of sp³-hybridized carbons (Fsp3) is 0.333. The molecule has 1 amide bonds. The predicted molar refractivity (Wildman–Crippen MR) is 79.7 cm³/mol. The first-order chi connectivity index (χ1) is 10.0. The number of nitrogens with zero attached hydrogens (tertiary/aromatic N) is 2. The number of hydrogen-bond acceptors (Lipinski definition) is 4. The molecule has 2 aromatic rings. The molecule has 6 nitrogen and oxygen atoms in total. The van der Waals surface area contributed by atoms with E-state index in [0.717, 1.165) is 16.8 Å². The van der Waals surface area contributed by atoms with E-state index in [9.17, 15) is 4.79 Å². The van der Waals surface area contributed by atoms with E-state index in [1.165, 1.54) is 0 Å². The van der Waals surface area contributed by atoms with Gasteiger partial charge >= 0.3 is 0 Å². The summed E-state index contributed by atoms with van der Waals surface area (Å²) < 4.78 is 7.01. The van der Waals surface area contributed by atoms with Gasteiger partial charge in [0.2, 0.25) is 11.8 Å². The lowest BCUT2D eigenvalue weighted by Crippen LogP contribution is -2.33. The number of rotatable bonds is 6. The number of amides is 1. The monoisotopic (exact) mass is 288 g/mol. The molecule has 0 saturated carbocycles. The SMILES string of the molecule is COc1c(CN[C@@H](C(N)=O)c2ccccc2)c(C)nn1C. The molecule has 0 bridgehead atoms. The molecule has 1 aromatic carbocycles. The second-order valence-electron chi connectivity index (χ2n) is 4.82. The number of methoxy groups -OCH3 is 1. The van der Waals surface area contributed by atoms with E-state index >= 15 is 0 Å². The molecule has 1 heterocycles. The van der Waals surface area contributed by atoms with Crippen LogP contribution in [0.4, 0.5) is 0 Å². The maximum absolute atomic E-state index is 11.7. The first-order valence-corrected chi connectivity index (χ1v) is 6.68. The Bertz CT molecular complexity index is 622. The van der Waals surface area contributed by atoms with Crippen molar-refractivity contribution in [3.63, 3.8) is 0 Å². The number of aryl methyl sites for hydroxylation is 2. The lowest BCUT2D eigenvalue weighted by atomic mass is 10.1. The topological polar surface area (TPSA) is 82.2 Å². The normalized spacial score (nSPS) is 12.1. The molecule has 0 unspecified atom stereocenters. The van der Waals surface area contributed by atoms with Crippen LogP contribution < -0.4 is 15.8 Å². The van der Waals surface area contributed by atoms with Crippen molar-refractivity contribution >= 4 is 5.91 Å². The van der Waals surface area contributed by atoms with Crippen LogP contribution in [-0.4, -0.2) is 22.8 Å². The van der Waals surface area contributed by atoms with E-state index in [1.807, 2.05) is 44.3 Å². The molecule has 0 radical (unpaired) electrons. The average Bonchev–Trinajstić information content (AvgIpc) is 2.73. The number of carbonyl (C=O) groups is 1. The van der Waals surface area contributed by atoms with Crippen molar-refractivity contribution < 1.29 is 9.53 Å². The number of ether oxygens (including phenoxy) is 1. The summed E-state index contributed by atoms with van der Waals surface area (Å²) in [4.78, 5) is 11.7. The van der Waals surface area contributed by atoms with Crippen LogP contribution in [0.25, 0.3) is 0 Å². The van der Waals surface area contributed by atoms with Crippen LogP contribution in [0.1, 0.15) is 22.9 Å². The highest BCUT2D eigenvalue weighted by Crippen LogP contribution is 2.22. The summed E-state index contributed by atoms with van der Waals surface area (Å²) in [5.74, 6) is 0.262. The summed E-state index contributed by atoms with van der Waals surface area (Å²) >= 11 is 0. The van der Waals surface area contributed by atoms with Crippen LogP contribution in [0.2, 0.25) is 0 Å². The van der Waals surface area contributed by atoms with Gasteiger partial charge in [-0.05, 0) is 12.5 Å². The van der Waals surface area contributed by atoms with Gasteiger partial charge in [0.15, 0.2) is 0 Å². The lowest BCUT2D eigenvalue weighted by molar-refractivity contribution is -0.120. The minimum Gasteiger partial charge on any atom is -0.481 e. The summed E-state index contributed by atoms with van der Waals surface area (Å²) in [5.41, 5.74) is 8.11. The van der Waals surface area contributed by atoms with Gasteiger partial charge in [-0.3, -0.25) is 10.1 Å². The number of nitrogens with two attached hydrogens (primary N) is 1. The van der Waals surface area contributed by atoms with Crippen molar-refractivity contribution in [3.8, 4) is 5.88 Å². The van der Waals surface area contributed by atoms with Crippen molar-refractivity contribution in [1.29, 1.82) is 0 Å². The fourth-order valence-corrected chi connectivity index (χ4v) is 2.37. The molecule has 0 aliphatic heterocycles. The highest BCUT2D eigenvalue weighted by Gasteiger charge is 2.20. The Kier molecular flexibility index (Phi) is 4.59. The zero-order chi connectivity index (χ0) is 15.4. The van der Waals surface area contributed by atoms with Gasteiger partial charge in [-0.1, -0.05) is 30.3 Å². The van der Waals surface area contributed by atoms with E-state index in [2.05, 4.69) is 10.4 Å². The molecule has 3 N–H and O–H groups in total. The number of benzene rings is 1. The Morgan fingerprint density at radius 2 is 2.10 bits per heavy atom. The largest absolute Gasteiger partial charge is 0.481 e. The van der Waals surface area contributed by atoms with Crippen molar-refractivity contribution in [1.82, 2.24) is 15.1 Å². The van der Waals surface area contributed by atoms with Crippen molar-refractivity contribution in [2.75, 3.05) is 7.11 Å². The Hall–Kier alpha value is -2.34.